The first-order valence-electron chi connectivity index (χ1n) is 4.82. The van der Waals surface area contributed by atoms with Gasteiger partial charge in [-0.3, -0.25) is 4.98 Å². The molecule has 82 valence electrons. The molecular formula is C12H11ClN2O. The Hall–Kier alpha value is -1.74. The Kier molecular flexibility index (Phi) is 3.27. The van der Waals surface area contributed by atoms with Gasteiger partial charge in [0.2, 0.25) is 0 Å². The standard InChI is InChI=1S/C12H11ClN2O/c13-10-1-2-11(14)12(7-10)16-8-9-3-5-15-6-4-9/h1-7H,8,14H2. The monoisotopic (exact) mass is 234 g/mol. The van der Waals surface area contributed by atoms with E-state index in [2.05, 4.69) is 4.98 Å². The summed E-state index contributed by atoms with van der Waals surface area (Å²) in [4.78, 5) is 3.93. The van der Waals surface area contributed by atoms with Crippen molar-refractivity contribution in [3.63, 3.8) is 0 Å². The molecule has 2 aromatic rings. The third-order valence-corrected chi connectivity index (χ3v) is 2.35. The fourth-order valence-corrected chi connectivity index (χ4v) is 1.44. The molecule has 4 heteroatoms. The zero-order valence-electron chi connectivity index (χ0n) is 8.56. The number of benzene rings is 1. The van der Waals surface area contributed by atoms with Crippen molar-refractivity contribution in [1.82, 2.24) is 4.98 Å². The topological polar surface area (TPSA) is 48.1 Å². The molecule has 0 aliphatic rings. The lowest BCUT2D eigenvalue weighted by Gasteiger charge is -2.08. The van der Waals surface area contributed by atoms with E-state index in [9.17, 15) is 0 Å². The number of anilines is 1. The van der Waals surface area contributed by atoms with Gasteiger partial charge in [-0.15, -0.1) is 0 Å². The molecule has 2 N–H and O–H groups in total. The van der Waals surface area contributed by atoms with Crippen LogP contribution in [0.25, 0.3) is 0 Å². The van der Waals surface area contributed by atoms with Crippen LogP contribution in [0.15, 0.2) is 42.7 Å². The van der Waals surface area contributed by atoms with Gasteiger partial charge in [-0.1, -0.05) is 11.6 Å². The van der Waals surface area contributed by atoms with Gasteiger partial charge in [0.05, 0.1) is 5.69 Å². The van der Waals surface area contributed by atoms with Gasteiger partial charge in [0.25, 0.3) is 0 Å². The van der Waals surface area contributed by atoms with E-state index < -0.39 is 0 Å². The molecule has 1 aromatic carbocycles. The summed E-state index contributed by atoms with van der Waals surface area (Å²) in [6.07, 6.45) is 3.44. The van der Waals surface area contributed by atoms with Crippen LogP contribution in [-0.2, 0) is 6.61 Å². The van der Waals surface area contributed by atoms with E-state index in [1.165, 1.54) is 0 Å². The second-order valence-electron chi connectivity index (χ2n) is 3.33. The van der Waals surface area contributed by atoms with E-state index in [0.29, 0.717) is 23.1 Å². The largest absolute Gasteiger partial charge is 0.487 e. The van der Waals surface area contributed by atoms with Crippen molar-refractivity contribution in [3.8, 4) is 5.75 Å². The summed E-state index contributed by atoms with van der Waals surface area (Å²) in [5.74, 6) is 0.601. The Bertz CT molecular complexity index is 474. The van der Waals surface area contributed by atoms with Crippen molar-refractivity contribution in [3.05, 3.63) is 53.3 Å². The Morgan fingerprint density at radius 2 is 1.94 bits per heavy atom. The molecule has 3 nitrogen and oxygen atoms in total. The lowest BCUT2D eigenvalue weighted by molar-refractivity contribution is 0.308. The molecule has 0 fully saturated rings. The lowest BCUT2D eigenvalue weighted by atomic mass is 10.3. The summed E-state index contributed by atoms with van der Waals surface area (Å²) in [6.45, 7) is 0.451. The van der Waals surface area contributed by atoms with E-state index in [-0.39, 0.29) is 0 Å². The van der Waals surface area contributed by atoms with Crippen LogP contribution in [0.1, 0.15) is 5.56 Å². The minimum Gasteiger partial charge on any atom is -0.487 e. The van der Waals surface area contributed by atoms with Crippen molar-refractivity contribution in [2.45, 2.75) is 6.61 Å². The van der Waals surface area contributed by atoms with Crippen LogP contribution < -0.4 is 10.5 Å². The van der Waals surface area contributed by atoms with Gasteiger partial charge >= 0.3 is 0 Å². The van der Waals surface area contributed by atoms with Crippen LogP contribution in [0.4, 0.5) is 5.69 Å². The highest BCUT2D eigenvalue weighted by molar-refractivity contribution is 6.30. The predicted octanol–water partition coefficient (Wildman–Crippen LogP) is 2.90. The van der Waals surface area contributed by atoms with E-state index in [4.69, 9.17) is 22.1 Å². The molecule has 0 saturated carbocycles. The second-order valence-corrected chi connectivity index (χ2v) is 3.76. The molecular weight excluding hydrogens is 224 g/mol. The highest BCUT2D eigenvalue weighted by Crippen LogP contribution is 2.25. The van der Waals surface area contributed by atoms with Crippen molar-refractivity contribution in [2.75, 3.05) is 5.73 Å². The Balaban J connectivity index is 2.08. The van der Waals surface area contributed by atoms with Crippen LogP contribution in [0.2, 0.25) is 5.02 Å². The number of ether oxygens (including phenoxy) is 1. The van der Waals surface area contributed by atoms with E-state index in [0.717, 1.165) is 5.56 Å². The number of nitrogens with zero attached hydrogens (tertiary/aromatic N) is 1. The smallest absolute Gasteiger partial charge is 0.144 e. The quantitative estimate of drug-likeness (QED) is 0.831. The van der Waals surface area contributed by atoms with Crippen LogP contribution >= 0.6 is 11.6 Å². The van der Waals surface area contributed by atoms with Gasteiger partial charge in [0, 0.05) is 23.5 Å². The Labute approximate surface area is 98.8 Å². The van der Waals surface area contributed by atoms with Gasteiger partial charge in [0.15, 0.2) is 0 Å². The maximum atomic E-state index is 5.85. The van der Waals surface area contributed by atoms with Crippen molar-refractivity contribution in [1.29, 1.82) is 0 Å². The molecule has 0 aliphatic carbocycles. The molecule has 0 saturated heterocycles. The summed E-state index contributed by atoms with van der Waals surface area (Å²) in [5.41, 5.74) is 7.38. The van der Waals surface area contributed by atoms with Crippen LogP contribution in [0.3, 0.4) is 0 Å². The molecule has 0 spiro atoms. The van der Waals surface area contributed by atoms with Crippen LogP contribution in [0, 0.1) is 0 Å². The number of hydrogen-bond acceptors (Lipinski definition) is 3. The molecule has 0 bridgehead atoms. The number of aromatic nitrogens is 1. The minimum absolute atomic E-state index is 0.451. The first-order valence-corrected chi connectivity index (χ1v) is 5.20. The van der Waals surface area contributed by atoms with Crippen LogP contribution in [0.5, 0.6) is 5.75 Å². The number of halogens is 1. The maximum absolute atomic E-state index is 5.85. The zero-order chi connectivity index (χ0) is 11.4. The number of rotatable bonds is 3. The lowest BCUT2D eigenvalue weighted by Crippen LogP contribution is -1.98. The number of hydrogen-bond donors (Lipinski definition) is 1. The zero-order valence-corrected chi connectivity index (χ0v) is 9.32. The summed E-state index contributed by atoms with van der Waals surface area (Å²) >= 11 is 5.85. The molecule has 1 aromatic heterocycles. The summed E-state index contributed by atoms with van der Waals surface area (Å²) in [6, 6.07) is 8.94. The fraction of sp³-hybridized carbons (Fsp3) is 0.0833. The minimum atomic E-state index is 0.451. The second kappa shape index (κ2) is 4.86. The Morgan fingerprint density at radius 1 is 1.19 bits per heavy atom. The van der Waals surface area contributed by atoms with E-state index >= 15 is 0 Å². The van der Waals surface area contributed by atoms with Crippen molar-refractivity contribution in [2.24, 2.45) is 0 Å². The van der Waals surface area contributed by atoms with E-state index in [1.54, 1.807) is 30.6 Å². The highest BCUT2D eigenvalue weighted by atomic mass is 35.5. The van der Waals surface area contributed by atoms with Crippen molar-refractivity contribution < 1.29 is 4.74 Å². The van der Waals surface area contributed by atoms with E-state index in [1.807, 2.05) is 12.1 Å². The van der Waals surface area contributed by atoms with Crippen molar-refractivity contribution >= 4 is 17.3 Å². The normalized spacial score (nSPS) is 10.1. The fourth-order valence-electron chi connectivity index (χ4n) is 1.27. The SMILES string of the molecule is Nc1ccc(Cl)cc1OCc1ccncc1. The molecule has 16 heavy (non-hydrogen) atoms. The first kappa shape index (κ1) is 10.8. The van der Waals surface area contributed by atoms with Gasteiger partial charge in [-0.05, 0) is 29.8 Å². The third-order valence-electron chi connectivity index (χ3n) is 2.12. The summed E-state index contributed by atoms with van der Waals surface area (Å²) < 4.78 is 5.57. The summed E-state index contributed by atoms with van der Waals surface area (Å²) in [7, 11) is 0. The summed E-state index contributed by atoms with van der Waals surface area (Å²) in [5, 5.41) is 0.610. The third kappa shape index (κ3) is 2.64. The highest BCUT2D eigenvalue weighted by Gasteiger charge is 2.01. The molecule has 1 heterocycles. The number of nitrogen functional groups attached to an aromatic ring is 1. The predicted molar refractivity (Wildman–Crippen MR) is 64.4 cm³/mol. The van der Waals surface area contributed by atoms with Gasteiger partial charge in [0.1, 0.15) is 12.4 Å². The molecule has 2 rings (SSSR count). The molecule has 0 radical (unpaired) electrons. The molecule has 0 unspecified atom stereocenters. The Morgan fingerprint density at radius 3 is 2.69 bits per heavy atom. The molecule has 0 amide bonds. The van der Waals surface area contributed by atoms with Crippen LogP contribution in [-0.4, -0.2) is 4.98 Å². The first-order chi connectivity index (χ1) is 7.75. The average Bonchev–Trinajstić information content (AvgIpc) is 2.32. The van der Waals surface area contributed by atoms with Gasteiger partial charge in [-0.25, -0.2) is 0 Å². The molecule has 0 atom stereocenters. The van der Waals surface area contributed by atoms with Gasteiger partial charge < -0.3 is 10.5 Å². The number of pyridine rings is 1. The maximum Gasteiger partial charge on any atom is 0.144 e. The average molecular weight is 235 g/mol. The molecule has 0 aliphatic heterocycles. The number of nitrogens with two attached hydrogens (primary N) is 1. The van der Waals surface area contributed by atoms with Gasteiger partial charge in [-0.2, -0.15) is 0 Å².